The molecule has 2 N–H and O–H groups in total. The van der Waals surface area contributed by atoms with Crippen LogP contribution in [0.3, 0.4) is 0 Å². The van der Waals surface area contributed by atoms with Crippen LogP contribution in [0.1, 0.15) is 25.8 Å². The third kappa shape index (κ3) is 3.04. The molecule has 84 valence electrons. The molecule has 0 aliphatic heterocycles. The highest BCUT2D eigenvalue weighted by Crippen LogP contribution is 2.20. The van der Waals surface area contributed by atoms with Gasteiger partial charge in [-0.25, -0.2) is 9.97 Å². The smallest absolute Gasteiger partial charge is 0.137 e. The molecule has 1 heterocycles. The van der Waals surface area contributed by atoms with Crippen molar-refractivity contribution in [1.29, 1.82) is 0 Å². The monoisotopic (exact) mass is 229 g/mol. The molecule has 1 aromatic rings. The van der Waals surface area contributed by atoms with Crippen LogP contribution in [-0.4, -0.2) is 27.7 Å². The first-order valence-electron chi connectivity index (χ1n) is 5.09. The highest BCUT2D eigenvalue weighted by Gasteiger charge is 2.11. The molecule has 0 fully saturated rings. The zero-order valence-corrected chi connectivity index (χ0v) is 9.75. The van der Waals surface area contributed by atoms with Gasteiger partial charge in [0.1, 0.15) is 17.3 Å². The standard InChI is InChI=1S/C10H16ClN3O/c1-3-7(5-15)14-10-8(4-2)9(11)12-6-13-10/h6-7,15H,3-5H2,1-2H3,(H,12,13,14). The number of anilines is 1. The van der Waals surface area contributed by atoms with E-state index in [1.54, 1.807) is 0 Å². The van der Waals surface area contributed by atoms with Crippen LogP contribution in [0.25, 0.3) is 0 Å². The number of aliphatic hydroxyl groups excluding tert-OH is 1. The fraction of sp³-hybridized carbons (Fsp3) is 0.600. The molecule has 4 nitrogen and oxygen atoms in total. The summed E-state index contributed by atoms with van der Waals surface area (Å²) in [6, 6.07) is 0.0151. The predicted molar refractivity (Wildman–Crippen MR) is 61.2 cm³/mol. The number of hydrogen-bond donors (Lipinski definition) is 2. The zero-order chi connectivity index (χ0) is 11.3. The molecule has 1 rings (SSSR count). The molecule has 1 aromatic heterocycles. The van der Waals surface area contributed by atoms with Crippen molar-refractivity contribution in [2.75, 3.05) is 11.9 Å². The summed E-state index contributed by atoms with van der Waals surface area (Å²) in [4.78, 5) is 8.05. The number of aliphatic hydroxyl groups is 1. The van der Waals surface area contributed by atoms with Crippen LogP contribution in [0.15, 0.2) is 6.33 Å². The lowest BCUT2D eigenvalue weighted by molar-refractivity contribution is 0.271. The minimum Gasteiger partial charge on any atom is -0.394 e. The van der Waals surface area contributed by atoms with Gasteiger partial charge in [-0.3, -0.25) is 0 Å². The van der Waals surface area contributed by atoms with Crippen LogP contribution in [0.5, 0.6) is 0 Å². The van der Waals surface area contributed by atoms with E-state index in [1.165, 1.54) is 6.33 Å². The first-order chi connectivity index (χ1) is 7.22. The highest BCUT2D eigenvalue weighted by atomic mass is 35.5. The van der Waals surface area contributed by atoms with Crippen molar-refractivity contribution in [2.45, 2.75) is 32.7 Å². The van der Waals surface area contributed by atoms with Gasteiger partial charge in [0.15, 0.2) is 0 Å². The Morgan fingerprint density at radius 1 is 1.47 bits per heavy atom. The molecule has 0 aliphatic carbocycles. The molecule has 0 amide bonds. The first kappa shape index (κ1) is 12.2. The topological polar surface area (TPSA) is 58.0 Å². The van der Waals surface area contributed by atoms with Gasteiger partial charge < -0.3 is 10.4 Å². The Morgan fingerprint density at radius 2 is 2.20 bits per heavy atom. The largest absolute Gasteiger partial charge is 0.394 e. The molecule has 0 aliphatic rings. The Balaban J connectivity index is 2.88. The van der Waals surface area contributed by atoms with Gasteiger partial charge in [-0.1, -0.05) is 25.4 Å². The Morgan fingerprint density at radius 3 is 2.73 bits per heavy atom. The first-order valence-corrected chi connectivity index (χ1v) is 5.47. The lowest BCUT2D eigenvalue weighted by Crippen LogP contribution is -2.24. The van der Waals surface area contributed by atoms with Gasteiger partial charge in [0.05, 0.1) is 12.6 Å². The summed E-state index contributed by atoms with van der Waals surface area (Å²) < 4.78 is 0. The van der Waals surface area contributed by atoms with Gasteiger partial charge >= 0.3 is 0 Å². The van der Waals surface area contributed by atoms with E-state index in [0.717, 1.165) is 24.2 Å². The van der Waals surface area contributed by atoms with Crippen LogP contribution in [-0.2, 0) is 6.42 Å². The van der Waals surface area contributed by atoms with Crippen molar-refractivity contribution in [1.82, 2.24) is 9.97 Å². The quantitative estimate of drug-likeness (QED) is 0.757. The van der Waals surface area contributed by atoms with Crippen molar-refractivity contribution in [3.05, 3.63) is 17.0 Å². The maximum atomic E-state index is 9.08. The van der Waals surface area contributed by atoms with E-state index in [2.05, 4.69) is 15.3 Å². The molecular weight excluding hydrogens is 214 g/mol. The van der Waals surface area contributed by atoms with E-state index in [4.69, 9.17) is 16.7 Å². The molecule has 0 aromatic carbocycles. The third-order valence-electron chi connectivity index (χ3n) is 2.30. The number of hydrogen-bond acceptors (Lipinski definition) is 4. The van der Waals surface area contributed by atoms with Crippen LogP contribution in [0, 0.1) is 0 Å². The predicted octanol–water partition coefficient (Wildman–Crippen LogP) is 1.88. The van der Waals surface area contributed by atoms with E-state index in [9.17, 15) is 0 Å². The fourth-order valence-corrected chi connectivity index (χ4v) is 1.57. The minimum absolute atomic E-state index is 0.0151. The summed E-state index contributed by atoms with van der Waals surface area (Å²) in [5.74, 6) is 0.721. The summed E-state index contributed by atoms with van der Waals surface area (Å²) in [7, 11) is 0. The molecule has 1 unspecified atom stereocenters. The fourth-order valence-electron chi connectivity index (χ4n) is 1.30. The molecule has 15 heavy (non-hydrogen) atoms. The molecule has 0 spiro atoms. The second-order valence-electron chi connectivity index (χ2n) is 3.28. The van der Waals surface area contributed by atoms with Gasteiger partial charge in [-0.05, 0) is 12.8 Å². The van der Waals surface area contributed by atoms with Crippen molar-refractivity contribution in [3.63, 3.8) is 0 Å². The Hall–Kier alpha value is -0.870. The molecule has 1 atom stereocenters. The number of nitrogens with one attached hydrogen (secondary N) is 1. The van der Waals surface area contributed by atoms with Gasteiger partial charge in [-0.15, -0.1) is 0 Å². The van der Waals surface area contributed by atoms with Crippen molar-refractivity contribution in [2.24, 2.45) is 0 Å². The molecule has 0 saturated heterocycles. The third-order valence-corrected chi connectivity index (χ3v) is 2.63. The Kier molecular flexibility index (Phi) is 4.78. The lowest BCUT2D eigenvalue weighted by atomic mass is 10.2. The number of aromatic nitrogens is 2. The lowest BCUT2D eigenvalue weighted by Gasteiger charge is -2.17. The Bertz CT molecular complexity index is 316. The molecule has 0 bridgehead atoms. The summed E-state index contributed by atoms with van der Waals surface area (Å²) in [5.41, 5.74) is 0.895. The second kappa shape index (κ2) is 5.88. The average molecular weight is 230 g/mol. The molecular formula is C10H16ClN3O. The van der Waals surface area contributed by atoms with Gasteiger partial charge in [0, 0.05) is 5.56 Å². The van der Waals surface area contributed by atoms with Crippen molar-refractivity contribution in [3.8, 4) is 0 Å². The van der Waals surface area contributed by atoms with Crippen molar-refractivity contribution < 1.29 is 5.11 Å². The summed E-state index contributed by atoms with van der Waals surface area (Å²) >= 11 is 5.95. The minimum atomic E-state index is 0.0151. The maximum absolute atomic E-state index is 9.08. The number of halogens is 1. The van der Waals surface area contributed by atoms with Crippen LogP contribution >= 0.6 is 11.6 Å². The highest BCUT2D eigenvalue weighted by molar-refractivity contribution is 6.30. The van der Waals surface area contributed by atoms with Crippen LogP contribution in [0.4, 0.5) is 5.82 Å². The van der Waals surface area contributed by atoms with Crippen LogP contribution < -0.4 is 5.32 Å². The van der Waals surface area contributed by atoms with Gasteiger partial charge in [0.25, 0.3) is 0 Å². The number of rotatable bonds is 5. The molecule has 0 saturated carbocycles. The van der Waals surface area contributed by atoms with E-state index >= 15 is 0 Å². The van der Waals surface area contributed by atoms with E-state index in [1.807, 2.05) is 13.8 Å². The van der Waals surface area contributed by atoms with E-state index in [-0.39, 0.29) is 12.6 Å². The van der Waals surface area contributed by atoms with Crippen LogP contribution in [0.2, 0.25) is 5.15 Å². The van der Waals surface area contributed by atoms with Gasteiger partial charge in [0.2, 0.25) is 0 Å². The van der Waals surface area contributed by atoms with Gasteiger partial charge in [-0.2, -0.15) is 0 Å². The Labute approximate surface area is 94.7 Å². The second-order valence-corrected chi connectivity index (χ2v) is 3.64. The SMILES string of the molecule is CCc1c(Cl)ncnc1NC(CC)CO. The van der Waals surface area contributed by atoms with E-state index < -0.39 is 0 Å². The number of nitrogens with zero attached hydrogens (tertiary/aromatic N) is 2. The summed E-state index contributed by atoms with van der Waals surface area (Å²) in [5, 5.41) is 12.7. The van der Waals surface area contributed by atoms with Crippen molar-refractivity contribution >= 4 is 17.4 Å². The zero-order valence-electron chi connectivity index (χ0n) is 9.00. The maximum Gasteiger partial charge on any atom is 0.137 e. The molecule has 5 heteroatoms. The van der Waals surface area contributed by atoms with E-state index in [0.29, 0.717) is 5.15 Å². The summed E-state index contributed by atoms with van der Waals surface area (Å²) in [6.45, 7) is 4.08. The average Bonchev–Trinajstić information content (AvgIpc) is 2.26. The summed E-state index contributed by atoms with van der Waals surface area (Å²) in [6.07, 6.45) is 3.03. The molecule has 0 radical (unpaired) electrons. The normalized spacial score (nSPS) is 12.5.